The van der Waals surface area contributed by atoms with E-state index in [1.165, 1.54) is 37.4 Å². The van der Waals surface area contributed by atoms with Gasteiger partial charge in [-0.15, -0.1) is 11.8 Å². The van der Waals surface area contributed by atoms with Crippen LogP contribution in [0.3, 0.4) is 0 Å². The van der Waals surface area contributed by atoms with Crippen LogP contribution in [0.4, 0.5) is 5.82 Å². The maximum Gasteiger partial charge on any atom is 0.235 e. The second kappa shape index (κ2) is 8.05. The molecule has 0 aromatic carbocycles. The van der Waals surface area contributed by atoms with Crippen molar-refractivity contribution >= 4 is 29.4 Å². The number of nitrogens with one attached hydrogen (secondary N) is 1. The van der Waals surface area contributed by atoms with E-state index in [0.29, 0.717) is 23.2 Å². The summed E-state index contributed by atoms with van der Waals surface area (Å²) >= 11 is 1.36. The van der Waals surface area contributed by atoms with Crippen LogP contribution in [0.5, 0.6) is 0 Å². The molecule has 2 amide bonds. The number of amides is 2. The zero-order valence-corrected chi connectivity index (χ0v) is 14.9. The van der Waals surface area contributed by atoms with Crippen LogP contribution in [-0.2, 0) is 9.59 Å². The number of fused-ring (bicyclic) bond motifs is 1. The van der Waals surface area contributed by atoms with Crippen LogP contribution in [0, 0.1) is 18.8 Å². The van der Waals surface area contributed by atoms with E-state index in [-0.39, 0.29) is 17.6 Å². The van der Waals surface area contributed by atoms with Gasteiger partial charge in [-0.2, -0.15) is 0 Å². The summed E-state index contributed by atoms with van der Waals surface area (Å²) in [5, 5.41) is 6.38. The molecule has 1 aromatic rings. The Balaban J connectivity index is 1.37. The van der Waals surface area contributed by atoms with Gasteiger partial charge in [-0.1, -0.05) is 24.4 Å². The van der Waals surface area contributed by atoms with Crippen molar-refractivity contribution in [2.24, 2.45) is 11.8 Å². The minimum atomic E-state index is -0.160. The summed E-state index contributed by atoms with van der Waals surface area (Å²) in [6.45, 7) is 3.56. The molecule has 6 nitrogen and oxygen atoms in total. The average molecular weight is 351 g/mol. The lowest BCUT2D eigenvalue weighted by Gasteiger charge is -2.41. The number of rotatable bonds is 5. The van der Waals surface area contributed by atoms with Crippen molar-refractivity contribution in [3.63, 3.8) is 0 Å². The third-order valence-electron chi connectivity index (χ3n) is 5.00. The third-order valence-corrected chi connectivity index (χ3v) is 5.92. The van der Waals surface area contributed by atoms with Crippen molar-refractivity contribution in [3.05, 3.63) is 11.8 Å². The number of aromatic nitrogens is 1. The largest absolute Gasteiger partial charge is 0.360 e. The minimum absolute atomic E-state index is 0.160. The van der Waals surface area contributed by atoms with Gasteiger partial charge in [0.05, 0.1) is 11.5 Å². The van der Waals surface area contributed by atoms with E-state index in [9.17, 15) is 9.59 Å². The van der Waals surface area contributed by atoms with Crippen LogP contribution in [0.25, 0.3) is 0 Å². The van der Waals surface area contributed by atoms with Crippen molar-refractivity contribution in [2.45, 2.75) is 39.0 Å². The Labute approximate surface area is 146 Å². The molecular formula is C17H25N3O3S. The molecule has 1 aliphatic heterocycles. The fraction of sp³-hybridized carbons (Fsp3) is 0.706. The second-order valence-corrected chi connectivity index (χ2v) is 7.78. The Hall–Kier alpha value is -1.50. The first-order valence-corrected chi connectivity index (χ1v) is 9.86. The van der Waals surface area contributed by atoms with Gasteiger partial charge >= 0.3 is 0 Å². The maximum atomic E-state index is 12.4. The summed E-state index contributed by atoms with van der Waals surface area (Å²) < 4.78 is 4.90. The minimum Gasteiger partial charge on any atom is -0.360 e. The van der Waals surface area contributed by atoms with E-state index in [1.54, 1.807) is 13.0 Å². The number of nitrogens with zero attached hydrogens (tertiary/aromatic N) is 2. The normalized spacial score (nSPS) is 23.6. The highest BCUT2D eigenvalue weighted by Crippen LogP contribution is 2.36. The number of likely N-dealkylation sites (tertiary alicyclic amines) is 1. The quantitative estimate of drug-likeness (QED) is 0.883. The number of piperidine rings is 1. The zero-order chi connectivity index (χ0) is 16.9. The molecule has 1 aliphatic carbocycles. The molecule has 0 unspecified atom stereocenters. The van der Waals surface area contributed by atoms with Gasteiger partial charge in [0.2, 0.25) is 11.8 Å². The van der Waals surface area contributed by atoms with Gasteiger partial charge in [0.25, 0.3) is 0 Å². The van der Waals surface area contributed by atoms with E-state index in [4.69, 9.17) is 4.52 Å². The topological polar surface area (TPSA) is 75.4 Å². The summed E-state index contributed by atoms with van der Waals surface area (Å²) in [6, 6.07) is 1.67. The molecule has 3 rings (SSSR count). The Morgan fingerprint density at radius 3 is 2.83 bits per heavy atom. The second-order valence-electron chi connectivity index (χ2n) is 6.80. The molecule has 2 atom stereocenters. The first kappa shape index (κ1) is 17.3. The molecule has 132 valence electrons. The van der Waals surface area contributed by atoms with Crippen molar-refractivity contribution in [1.29, 1.82) is 0 Å². The molecule has 24 heavy (non-hydrogen) atoms. The van der Waals surface area contributed by atoms with Gasteiger partial charge in [-0.3, -0.25) is 9.59 Å². The smallest absolute Gasteiger partial charge is 0.235 e. The maximum absolute atomic E-state index is 12.4. The standard InChI is InChI=1S/C17H25N3O3S/c1-12-8-15(19-23-12)18-16(21)10-24-11-17(22)20-7-6-13-4-2-3-5-14(13)9-20/h8,13-14H,2-7,9-11H2,1H3,(H,18,19,21)/t13-,14+/m0/s1. The Morgan fingerprint density at radius 1 is 1.29 bits per heavy atom. The van der Waals surface area contributed by atoms with Gasteiger partial charge in [-0.05, 0) is 31.6 Å². The number of thioether (sulfide) groups is 1. The van der Waals surface area contributed by atoms with E-state index >= 15 is 0 Å². The van der Waals surface area contributed by atoms with Gasteiger partial charge < -0.3 is 14.7 Å². The van der Waals surface area contributed by atoms with Crippen LogP contribution >= 0.6 is 11.8 Å². The molecule has 2 heterocycles. The molecule has 2 fully saturated rings. The SMILES string of the molecule is Cc1cc(NC(=O)CSCC(=O)N2CC[C@@H]3CCCC[C@@H]3C2)no1. The number of hydrogen-bond acceptors (Lipinski definition) is 5. The Bertz CT molecular complexity index is 589. The first-order valence-electron chi connectivity index (χ1n) is 8.70. The molecule has 2 aliphatic rings. The van der Waals surface area contributed by atoms with Crippen LogP contribution < -0.4 is 5.32 Å². The Morgan fingerprint density at radius 2 is 2.08 bits per heavy atom. The summed E-state index contributed by atoms with van der Waals surface area (Å²) in [5.41, 5.74) is 0. The molecule has 7 heteroatoms. The molecule has 0 bridgehead atoms. The van der Waals surface area contributed by atoms with Crippen LogP contribution in [0.2, 0.25) is 0 Å². The predicted molar refractivity (Wildman–Crippen MR) is 93.8 cm³/mol. The first-order chi connectivity index (χ1) is 11.6. The van der Waals surface area contributed by atoms with E-state index in [2.05, 4.69) is 10.5 Å². The lowest BCUT2D eigenvalue weighted by atomic mass is 9.75. The molecule has 1 saturated heterocycles. The number of anilines is 1. The monoisotopic (exact) mass is 351 g/mol. The summed E-state index contributed by atoms with van der Waals surface area (Å²) in [5.74, 6) is 3.21. The third kappa shape index (κ3) is 4.53. The highest BCUT2D eigenvalue weighted by molar-refractivity contribution is 8.00. The number of hydrogen-bond donors (Lipinski definition) is 1. The summed E-state index contributed by atoms with van der Waals surface area (Å²) in [7, 11) is 0. The number of carbonyl (C=O) groups excluding carboxylic acids is 2. The number of carbonyl (C=O) groups is 2. The fourth-order valence-corrected chi connectivity index (χ4v) is 4.47. The predicted octanol–water partition coefficient (Wildman–Crippen LogP) is 2.69. The van der Waals surface area contributed by atoms with Gasteiger partial charge in [0.15, 0.2) is 5.82 Å². The molecular weight excluding hydrogens is 326 g/mol. The van der Waals surface area contributed by atoms with Crippen LogP contribution in [0.1, 0.15) is 37.9 Å². The van der Waals surface area contributed by atoms with Crippen molar-refractivity contribution in [2.75, 3.05) is 29.9 Å². The molecule has 1 N–H and O–H groups in total. The lowest BCUT2D eigenvalue weighted by Crippen LogP contribution is -2.45. The van der Waals surface area contributed by atoms with Crippen LogP contribution in [0.15, 0.2) is 10.6 Å². The fourth-order valence-electron chi connectivity index (χ4n) is 3.75. The van der Waals surface area contributed by atoms with E-state index < -0.39 is 0 Å². The number of aryl methyl sites for hydroxylation is 1. The van der Waals surface area contributed by atoms with Crippen molar-refractivity contribution in [3.8, 4) is 0 Å². The summed E-state index contributed by atoms with van der Waals surface area (Å²) in [6.07, 6.45) is 6.40. The lowest BCUT2D eigenvalue weighted by molar-refractivity contribution is -0.131. The summed E-state index contributed by atoms with van der Waals surface area (Å²) in [4.78, 5) is 26.2. The van der Waals surface area contributed by atoms with Gasteiger partial charge in [0, 0.05) is 19.2 Å². The molecule has 0 radical (unpaired) electrons. The zero-order valence-electron chi connectivity index (χ0n) is 14.1. The van der Waals surface area contributed by atoms with Crippen molar-refractivity contribution in [1.82, 2.24) is 10.1 Å². The van der Waals surface area contributed by atoms with Gasteiger partial charge in [0.1, 0.15) is 5.76 Å². The highest BCUT2D eigenvalue weighted by atomic mass is 32.2. The highest BCUT2D eigenvalue weighted by Gasteiger charge is 2.32. The van der Waals surface area contributed by atoms with E-state index in [1.807, 2.05) is 4.90 Å². The average Bonchev–Trinajstić information content (AvgIpc) is 2.99. The van der Waals surface area contributed by atoms with E-state index in [0.717, 1.165) is 25.4 Å². The van der Waals surface area contributed by atoms with Gasteiger partial charge in [-0.25, -0.2) is 0 Å². The van der Waals surface area contributed by atoms with Crippen LogP contribution in [-0.4, -0.2) is 46.5 Å². The van der Waals surface area contributed by atoms with Crippen molar-refractivity contribution < 1.29 is 14.1 Å². The Kier molecular flexibility index (Phi) is 5.81. The molecule has 0 spiro atoms. The molecule has 1 aromatic heterocycles. The molecule has 1 saturated carbocycles.